The summed E-state index contributed by atoms with van der Waals surface area (Å²) in [4.78, 5) is 3.34. The van der Waals surface area contributed by atoms with E-state index in [-0.39, 0.29) is 0 Å². The molecule has 0 saturated carbocycles. The van der Waals surface area contributed by atoms with E-state index in [4.69, 9.17) is 10.4 Å². The van der Waals surface area contributed by atoms with Gasteiger partial charge in [0.05, 0.1) is 12.7 Å². The fourth-order valence-corrected chi connectivity index (χ4v) is 1.83. The van der Waals surface area contributed by atoms with Crippen LogP contribution in [0.25, 0.3) is 0 Å². The van der Waals surface area contributed by atoms with Gasteiger partial charge in [-0.25, -0.2) is 27.3 Å². The fraction of sp³-hybridized carbons (Fsp3) is 0.250. The van der Waals surface area contributed by atoms with Gasteiger partial charge in [-0.2, -0.15) is 5.26 Å². The molecule has 0 aliphatic heterocycles. The highest BCUT2D eigenvalue weighted by Crippen LogP contribution is 2.33. The number of nitrogens with two attached hydrogens (primary N) is 1. The van der Waals surface area contributed by atoms with E-state index in [1.165, 1.54) is 6.07 Å². The molecule has 0 spiro atoms. The highest BCUT2D eigenvalue weighted by molar-refractivity contribution is 7.89. The van der Waals surface area contributed by atoms with E-state index in [0.717, 1.165) is 13.2 Å². The van der Waals surface area contributed by atoms with E-state index in [1.807, 2.05) is 0 Å². The van der Waals surface area contributed by atoms with Crippen molar-refractivity contribution in [2.45, 2.75) is 11.5 Å². The van der Waals surface area contributed by atoms with Crippen molar-refractivity contribution in [3.8, 4) is 11.8 Å². The van der Waals surface area contributed by atoms with Crippen LogP contribution in [0.4, 0.5) is 8.78 Å². The van der Waals surface area contributed by atoms with Crippen molar-refractivity contribution in [1.29, 1.82) is 5.26 Å². The number of hydrogen-bond acceptors (Lipinski definition) is 5. The third-order valence-electron chi connectivity index (χ3n) is 1.79. The molecule has 1 aromatic heterocycles. The molecule has 1 aromatic rings. The van der Waals surface area contributed by atoms with Gasteiger partial charge in [0.2, 0.25) is 5.03 Å². The normalized spacial score (nSPS) is 11.3. The number of alkyl halides is 2. The van der Waals surface area contributed by atoms with Gasteiger partial charge in [-0.15, -0.1) is 0 Å². The Morgan fingerprint density at radius 2 is 2.18 bits per heavy atom. The van der Waals surface area contributed by atoms with Gasteiger partial charge < -0.3 is 4.74 Å². The summed E-state index contributed by atoms with van der Waals surface area (Å²) >= 11 is 0. The summed E-state index contributed by atoms with van der Waals surface area (Å²) in [7, 11) is -3.35. The molecule has 0 aliphatic carbocycles. The predicted octanol–water partition coefficient (Wildman–Crippen LogP) is 0.547. The van der Waals surface area contributed by atoms with Crippen molar-refractivity contribution < 1.29 is 21.9 Å². The molecule has 0 aromatic carbocycles. The number of nitriles is 1. The number of hydrogen-bond donors (Lipinski definition) is 1. The molecular formula is C8H7F2N3O3S. The second-order valence-electron chi connectivity index (χ2n) is 2.89. The maximum atomic E-state index is 12.6. The number of halogens is 2. The number of aromatic nitrogens is 1. The van der Waals surface area contributed by atoms with Gasteiger partial charge >= 0.3 is 0 Å². The molecule has 2 N–H and O–H groups in total. The third kappa shape index (κ3) is 2.66. The van der Waals surface area contributed by atoms with E-state index in [2.05, 4.69) is 9.72 Å². The molecule has 6 nitrogen and oxygen atoms in total. The minimum Gasteiger partial charge on any atom is -0.493 e. The summed E-state index contributed by atoms with van der Waals surface area (Å²) < 4.78 is 52.1. The molecule has 0 atom stereocenters. The van der Waals surface area contributed by atoms with Gasteiger partial charge in [0.25, 0.3) is 16.4 Å². The number of methoxy groups -OCH3 is 1. The van der Waals surface area contributed by atoms with Crippen LogP contribution in [0.15, 0.2) is 11.1 Å². The molecule has 9 heteroatoms. The zero-order valence-electron chi connectivity index (χ0n) is 8.52. The number of nitrogens with zero attached hydrogens (tertiary/aromatic N) is 2. The average molecular weight is 263 g/mol. The second-order valence-corrected chi connectivity index (χ2v) is 4.37. The lowest BCUT2D eigenvalue weighted by atomic mass is 10.2. The molecule has 0 bridgehead atoms. The maximum absolute atomic E-state index is 12.6. The highest BCUT2D eigenvalue weighted by atomic mass is 32.2. The van der Waals surface area contributed by atoms with E-state index in [9.17, 15) is 17.2 Å². The molecule has 0 unspecified atom stereocenters. The Balaban J connectivity index is 3.70. The summed E-state index contributed by atoms with van der Waals surface area (Å²) in [6.45, 7) is 0. The number of primary sulfonamides is 1. The molecule has 1 rings (SSSR count). The molecule has 0 fully saturated rings. The Hall–Kier alpha value is -1.79. The first-order chi connectivity index (χ1) is 7.81. The lowest BCUT2D eigenvalue weighted by molar-refractivity contribution is 0.146. The van der Waals surface area contributed by atoms with Crippen molar-refractivity contribution in [2.75, 3.05) is 7.11 Å². The van der Waals surface area contributed by atoms with Crippen LogP contribution in [-0.2, 0) is 10.0 Å². The zero-order valence-corrected chi connectivity index (χ0v) is 9.33. The summed E-state index contributed by atoms with van der Waals surface area (Å²) in [5.74, 6) is -0.651. The molecule has 17 heavy (non-hydrogen) atoms. The molecule has 1 heterocycles. The maximum Gasteiger partial charge on any atom is 0.267 e. The molecule has 92 valence electrons. The van der Waals surface area contributed by atoms with Crippen molar-refractivity contribution in [3.05, 3.63) is 17.3 Å². The Morgan fingerprint density at radius 3 is 2.53 bits per heavy atom. The van der Waals surface area contributed by atoms with E-state index < -0.39 is 38.5 Å². The Kier molecular flexibility index (Phi) is 3.59. The Labute approximate surface area is 95.7 Å². The first kappa shape index (κ1) is 13.3. The fourth-order valence-electron chi connectivity index (χ4n) is 1.15. The van der Waals surface area contributed by atoms with Crippen molar-refractivity contribution in [2.24, 2.45) is 5.14 Å². The minimum atomic E-state index is -4.35. The van der Waals surface area contributed by atoms with E-state index >= 15 is 0 Å². The summed E-state index contributed by atoms with van der Waals surface area (Å²) in [6, 6.07) is 2.21. The van der Waals surface area contributed by atoms with Gasteiger partial charge in [0, 0.05) is 0 Å². The van der Waals surface area contributed by atoms with Crippen LogP contribution in [0.3, 0.4) is 0 Å². The van der Waals surface area contributed by atoms with E-state index in [0.29, 0.717) is 0 Å². The van der Waals surface area contributed by atoms with Crippen LogP contribution in [0, 0.1) is 11.3 Å². The zero-order chi connectivity index (χ0) is 13.2. The number of sulfonamides is 1. The van der Waals surface area contributed by atoms with Gasteiger partial charge in [-0.3, -0.25) is 0 Å². The minimum absolute atomic E-state index is 0.481. The second kappa shape index (κ2) is 4.60. The van der Waals surface area contributed by atoms with Gasteiger partial charge in [0.15, 0.2) is 5.75 Å². The van der Waals surface area contributed by atoms with Crippen LogP contribution in [0.5, 0.6) is 5.75 Å². The molecular weight excluding hydrogens is 256 g/mol. The van der Waals surface area contributed by atoms with Crippen molar-refractivity contribution in [1.82, 2.24) is 4.98 Å². The smallest absolute Gasteiger partial charge is 0.267 e. The lowest BCUT2D eigenvalue weighted by Gasteiger charge is -2.11. The summed E-state index contributed by atoms with van der Waals surface area (Å²) in [5, 5.41) is 12.5. The van der Waals surface area contributed by atoms with Crippen molar-refractivity contribution >= 4 is 10.0 Å². The first-order valence-corrected chi connectivity index (χ1v) is 5.66. The number of ether oxygens (including phenoxy) is 1. The van der Waals surface area contributed by atoms with E-state index in [1.54, 1.807) is 0 Å². The standard InChI is InChI=1S/C8H7F2N3O3S/c1-16-6-5(7(9)10)2-4(3-11)13-8(6)17(12,14)15/h2,7H,1H3,(H2,12,14,15). The average Bonchev–Trinajstić information content (AvgIpc) is 2.25. The molecule has 0 amide bonds. The largest absolute Gasteiger partial charge is 0.493 e. The SMILES string of the molecule is COc1c(C(F)F)cc(C#N)nc1S(N)(=O)=O. The monoisotopic (exact) mass is 263 g/mol. The molecule has 0 radical (unpaired) electrons. The van der Waals surface area contributed by atoms with Crippen LogP contribution in [0.1, 0.15) is 17.7 Å². The number of pyridine rings is 1. The van der Waals surface area contributed by atoms with Crippen LogP contribution in [-0.4, -0.2) is 20.5 Å². The van der Waals surface area contributed by atoms with Crippen LogP contribution in [0.2, 0.25) is 0 Å². The quantitative estimate of drug-likeness (QED) is 0.856. The molecule has 0 aliphatic rings. The number of rotatable bonds is 3. The van der Waals surface area contributed by atoms with Gasteiger partial charge in [0.1, 0.15) is 11.8 Å². The van der Waals surface area contributed by atoms with Gasteiger partial charge in [-0.05, 0) is 6.07 Å². The summed E-state index contributed by atoms with van der Waals surface area (Å²) in [6.07, 6.45) is -3.01. The van der Waals surface area contributed by atoms with Crippen LogP contribution < -0.4 is 9.88 Å². The summed E-state index contributed by atoms with van der Waals surface area (Å²) in [5.41, 5.74) is -1.23. The first-order valence-electron chi connectivity index (χ1n) is 4.11. The lowest BCUT2D eigenvalue weighted by Crippen LogP contribution is -2.17. The van der Waals surface area contributed by atoms with Crippen molar-refractivity contribution in [3.63, 3.8) is 0 Å². The predicted molar refractivity (Wildman–Crippen MR) is 51.8 cm³/mol. The Morgan fingerprint density at radius 1 is 1.59 bits per heavy atom. The molecule has 0 saturated heterocycles. The third-order valence-corrected chi connectivity index (χ3v) is 2.61. The van der Waals surface area contributed by atoms with Crippen LogP contribution >= 0.6 is 0 Å². The highest BCUT2D eigenvalue weighted by Gasteiger charge is 2.26. The topological polar surface area (TPSA) is 106 Å². The Bertz CT molecular complexity index is 580. The van der Waals surface area contributed by atoms with Gasteiger partial charge in [-0.1, -0.05) is 0 Å².